The summed E-state index contributed by atoms with van der Waals surface area (Å²) >= 11 is 0. The van der Waals surface area contributed by atoms with Gasteiger partial charge in [-0.2, -0.15) is 0 Å². The predicted molar refractivity (Wildman–Crippen MR) is 241 cm³/mol. The maximum absolute atomic E-state index is 5.23. The Labute approximate surface area is 351 Å². The molecule has 9 aromatic rings. The van der Waals surface area contributed by atoms with Crippen molar-refractivity contribution in [1.29, 1.82) is 0 Å². The number of aromatic nitrogens is 8. The average Bonchev–Trinajstić information content (AvgIpc) is 3.69. The molecule has 61 heavy (non-hydrogen) atoms. The summed E-state index contributed by atoms with van der Waals surface area (Å²) in [7, 11) is 0. The van der Waals surface area contributed by atoms with E-state index in [0.29, 0.717) is 17.2 Å². The van der Waals surface area contributed by atoms with Gasteiger partial charge in [0.15, 0.2) is 5.82 Å². The minimum atomic E-state index is -0.310. The van der Waals surface area contributed by atoms with Gasteiger partial charge >= 0.3 is 0 Å². The summed E-state index contributed by atoms with van der Waals surface area (Å²) in [5.41, 5.74) is 11.8. The van der Waals surface area contributed by atoms with Crippen LogP contribution in [0.1, 0.15) is 29.3 Å². The summed E-state index contributed by atoms with van der Waals surface area (Å²) in [6.45, 7) is 0. The van der Waals surface area contributed by atoms with Crippen LogP contribution in [-0.2, 0) is 0 Å². The van der Waals surface area contributed by atoms with Gasteiger partial charge in [0, 0.05) is 29.4 Å². The summed E-state index contributed by atoms with van der Waals surface area (Å²) in [4.78, 5) is 34.5. The number of allylic oxidation sites excluding steroid dienone is 4. The third kappa shape index (κ3) is 6.91. The highest BCUT2D eigenvalue weighted by Gasteiger charge is 2.23. The van der Waals surface area contributed by atoms with E-state index in [1.54, 1.807) is 12.4 Å². The monoisotopic (exact) mass is 788 g/mol. The minimum Gasteiger partial charge on any atom is -0.376 e. The number of para-hydroxylation sites is 2. The van der Waals surface area contributed by atoms with Crippen molar-refractivity contribution < 1.29 is 0 Å². The lowest BCUT2D eigenvalue weighted by Gasteiger charge is -2.24. The second-order valence-electron chi connectivity index (χ2n) is 14.7. The molecular formula is C51H36N10. The van der Waals surface area contributed by atoms with Gasteiger partial charge in [-0.25, -0.2) is 24.9 Å². The normalized spacial score (nSPS) is 15.9. The number of pyridine rings is 5. The van der Waals surface area contributed by atoms with Gasteiger partial charge in [0.25, 0.3) is 0 Å². The Balaban J connectivity index is 0.959. The molecule has 7 aromatic heterocycles. The maximum Gasteiger partial charge on any atom is 0.155 e. The first kappa shape index (κ1) is 35.8. The molecule has 10 nitrogen and oxygen atoms in total. The number of nitrogens with one attached hydrogen (secondary N) is 2. The largest absolute Gasteiger partial charge is 0.376 e. The van der Waals surface area contributed by atoms with Gasteiger partial charge in [0.05, 0.1) is 85.4 Å². The molecule has 9 heterocycles. The molecule has 0 saturated heterocycles. The molecule has 0 radical (unpaired) electrons. The molecule has 0 fully saturated rings. The molecule has 290 valence electrons. The topological polar surface area (TPSA) is 119 Å². The minimum absolute atomic E-state index is 0.281. The third-order valence-corrected chi connectivity index (χ3v) is 10.8. The Kier molecular flexibility index (Phi) is 9.04. The van der Waals surface area contributed by atoms with E-state index in [9.17, 15) is 0 Å². The van der Waals surface area contributed by atoms with Crippen LogP contribution in [0.25, 0.3) is 78.8 Å². The van der Waals surface area contributed by atoms with Crippen LogP contribution in [0, 0.1) is 0 Å². The number of nitrogens with zero attached hydrogens (tertiary/aromatic N) is 8. The fourth-order valence-electron chi connectivity index (χ4n) is 7.94. The lowest BCUT2D eigenvalue weighted by molar-refractivity contribution is 0.661. The van der Waals surface area contributed by atoms with E-state index in [0.717, 1.165) is 68.0 Å². The molecule has 10 heteroatoms. The second kappa shape index (κ2) is 15.4. The van der Waals surface area contributed by atoms with Crippen molar-refractivity contribution in [2.45, 2.75) is 12.1 Å². The van der Waals surface area contributed by atoms with Crippen molar-refractivity contribution in [2.75, 3.05) is 0 Å². The van der Waals surface area contributed by atoms with Gasteiger partial charge in [-0.3, -0.25) is 9.97 Å². The second-order valence-corrected chi connectivity index (χ2v) is 14.7. The number of rotatable bonds is 8. The zero-order chi connectivity index (χ0) is 40.5. The van der Waals surface area contributed by atoms with Crippen molar-refractivity contribution in [3.63, 3.8) is 0 Å². The average molecular weight is 789 g/mol. The first-order chi connectivity index (χ1) is 30.2. The van der Waals surface area contributed by atoms with E-state index in [4.69, 9.17) is 24.9 Å². The SMILES string of the molecule is C1=CC(c2cc(-c3cccc(-c4cccc(-c5ccccn5)n4)n3)nc(C3C=CC(n4c5ccccc5c5ccccc54)=CN3)n2)NC(c2cccc(-c3ccccn3)n2)=C1. The zero-order valence-corrected chi connectivity index (χ0v) is 32.7. The summed E-state index contributed by atoms with van der Waals surface area (Å²) in [6, 6.07) is 47.9. The number of hydrogen-bond acceptors (Lipinski definition) is 9. The molecule has 2 unspecified atom stereocenters. The number of fused-ring (bicyclic) bond motifs is 3. The Bertz CT molecular complexity index is 3170. The van der Waals surface area contributed by atoms with Crippen molar-refractivity contribution in [3.8, 4) is 45.6 Å². The van der Waals surface area contributed by atoms with Crippen molar-refractivity contribution in [3.05, 3.63) is 212 Å². The molecule has 0 spiro atoms. The predicted octanol–water partition coefficient (Wildman–Crippen LogP) is 10.2. The first-order valence-electron chi connectivity index (χ1n) is 20.1. The molecule has 2 aliphatic rings. The highest BCUT2D eigenvalue weighted by molar-refractivity contribution is 6.10. The molecule has 0 amide bonds. The summed E-state index contributed by atoms with van der Waals surface area (Å²) in [6.07, 6.45) is 16.1. The summed E-state index contributed by atoms with van der Waals surface area (Å²) in [5.74, 6) is 0.616. The van der Waals surface area contributed by atoms with Crippen LogP contribution in [0.4, 0.5) is 0 Å². The number of dihydropyridines is 2. The standard InChI is InChI=1S/C51H36N10/c1-3-25-49-34(13-1)35-14-2-4-26-50(35)61(49)33-27-28-46(54-32-33)51-59-47(44-23-11-21-42(57-44)40-19-9-17-38(55-40)36-15-5-7-29-52-36)31-48(60-51)45-24-12-22-43(58-45)41-20-10-18-39(56-41)37-16-6-8-30-53-37/h1-32,44,46,54,57H. The number of hydrogen-bond donors (Lipinski definition) is 2. The molecule has 0 bridgehead atoms. The molecule has 2 aliphatic heterocycles. The highest BCUT2D eigenvalue weighted by Crippen LogP contribution is 2.34. The van der Waals surface area contributed by atoms with Gasteiger partial charge in [-0.15, -0.1) is 0 Å². The van der Waals surface area contributed by atoms with Crippen LogP contribution < -0.4 is 10.6 Å². The Morgan fingerprint density at radius 1 is 0.459 bits per heavy atom. The number of benzene rings is 2. The van der Waals surface area contributed by atoms with Crippen molar-refractivity contribution in [1.82, 2.24) is 50.1 Å². The molecule has 2 atom stereocenters. The highest BCUT2D eigenvalue weighted by atomic mass is 15.1. The van der Waals surface area contributed by atoms with Gasteiger partial charge in [-0.05, 0) is 91.0 Å². The summed E-state index contributed by atoms with van der Waals surface area (Å²) < 4.78 is 2.29. The van der Waals surface area contributed by atoms with Gasteiger partial charge in [-0.1, -0.05) is 85.0 Å². The van der Waals surface area contributed by atoms with Crippen molar-refractivity contribution >= 4 is 33.2 Å². The quantitative estimate of drug-likeness (QED) is 0.155. The van der Waals surface area contributed by atoms with E-state index in [2.05, 4.69) is 98.1 Å². The molecule has 11 rings (SSSR count). The Hall–Kier alpha value is -8.37. The lowest BCUT2D eigenvalue weighted by Crippen LogP contribution is -2.25. The zero-order valence-electron chi connectivity index (χ0n) is 32.7. The molecule has 0 aliphatic carbocycles. The first-order valence-corrected chi connectivity index (χ1v) is 20.1. The van der Waals surface area contributed by atoms with E-state index in [1.807, 2.05) is 109 Å². The van der Waals surface area contributed by atoms with Crippen LogP contribution in [0.15, 0.2) is 195 Å². The molecule has 2 N–H and O–H groups in total. The third-order valence-electron chi connectivity index (χ3n) is 10.8. The lowest BCUT2D eigenvalue weighted by atomic mass is 10.0. The molecule has 0 saturated carbocycles. The van der Waals surface area contributed by atoms with Gasteiger partial charge in [0.2, 0.25) is 0 Å². The molecular weight excluding hydrogens is 753 g/mol. The Morgan fingerprint density at radius 3 is 1.59 bits per heavy atom. The van der Waals surface area contributed by atoms with Crippen LogP contribution in [0.2, 0.25) is 0 Å². The van der Waals surface area contributed by atoms with Crippen LogP contribution >= 0.6 is 0 Å². The van der Waals surface area contributed by atoms with E-state index in [-0.39, 0.29) is 12.1 Å². The fourth-order valence-corrected chi connectivity index (χ4v) is 7.94. The van der Waals surface area contributed by atoms with Crippen LogP contribution in [-0.4, -0.2) is 39.5 Å². The van der Waals surface area contributed by atoms with E-state index < -0.39 is 0 Å². The van der Waals surface area contributed by atoms with E-state index in [1.165, 1.54) is 10.8 Å². The smallest absolute Gasteiger partial charge is 0.155 e. The van der Waals surface area contributed by atoms with E-state index >= 15 is 0 Å². The molecule has 2 aromatic carbocycles. The fraction of sp³-hybridized carbons (Fsp3) is 0.0392. The summed E-state index contributed by atoms with van der Waals surface area (Å²) in [5, 5.41) is 9.76. The van der Waals surface area contributed by atoms with Gasteiger partial charge in [0.1, 0.15) is 6.04 Å². The van der Waals surface area contributed by atoms with Crippen LogP contribution in [0.5, 0.6) is 0 Å². The van der Waals surface area contributed by atoms with Crippen molar-refractivity contribution in [2.24, 2.45) is 0 Å². The Morgan fingerprint density at radius 2 is 1.00 bits per heavy atom. The van der Waals surface area contributed by atoms with Crippen LogP contribution in [0.3, 0.4) is 0 Å². The maximum atomic E-state index is 5.23. The van der Waals surface area contributed by atoms with Gasteiger partial charge < -0.3 is 15.2 Å².